The summed E-state index contributed by atoms with van der Waals surface area (Å²) in [7, 11) is -3.43. The molecule has 5 nitrogen and oxygen atoms in total. The summed E-state index contributed by atoms with van der Waals surface area (Å²) < 4.78 is 29.0. The lowest BCUT2D eigenvalue weighted by Gasteiger charge is -2.34. The second kappa shape index (κ2) is 7.20. The molecule has 2 aliphatic rings. The zero-order valence-electron chi connectivity index (χ0n) is 12.4. The average Bonchev–Trinajstić information content (AvgIpc) is 2.46. The van der Waals surface area contributed by atoms with E-state index in [2.05, 4.69) is 11.6 Å². The summed E-state index contributed by atoms with van der Waals surface area (Å²) >= 11 is 0. The first-order valence-electron chi connectivity index (χ1n) is 7.90. The number of piperidine rings is 1. The third kappa shape index (κ3) is 4.16. The summed E-state index contributed by atoms with van der Waals surface area (Å²) in [6.45, 7) is 3.26. The van der Waals surface area contributed by atoms with Gasteiger partial charge in [0, 0.05) is 19.1 Å². The molecule has 0 spiro atoms. The molecular formula is C14H28N2O3S. The zero-order chi connectivity index (χ0) is 14.6. The van der Waals surface area contributed by atoms with Gasteiger partial charge in [-0.1, -0.05) is 26.2 Å². The lowest BCUT2D eigenvalue weighted by Crippen LogP contribution is -2.51. The molecular weight excluding hydrogens is 276 g/mol. The minimum Gasteiger partial charge on any atom is -0.395 e. The van der Waals surface area contributed by atoms with Crippen molar-refractivity contribution in [2.24, 2.45) is 11.8 Å². The summed E-state index contributed by atoms with van der Waals surface area (Å²) in [5.74, 6) is 1.25. The first kappa shape index (κ1) is 16.2. The fraction of sp³-hybridized carbons (Fsp3) is 1.00. The smallest absolute Gasteiger partial charge is 0.279 e. The number of aliphatic hydroxyl groups excluding tert-OH is 1. The summed E-state index contributed by atoms with van der Waals surface area (Å²) in [6.07, 6.45) is 7.29. The van der Waals surface area contributed by atoms with Crippen molar-refractivity contribution >= 4 is 10.2 Å². The SMILES string of the molecule is CC1CCC(CNS(=O)(=O)N2CCCCC2CO)CC1. The maximum Gasteiger partial charge on any atom is 0.279 e. The van der Waals surface area contributed by atoms with Gasteiger partial charge in [-0.2, -0.15) is 12.7 Å². The zero-order valence-corrected chi connectivity index (χ0v) is 13.2. The van der Waals surface area contributed by atoms with Crippen LogP contribution in [0.3, 0.4) is 0 Å². The highest BCUT2D eigenvalue weighted by Gasteiger charge is 2.32. The van der Waals surface area contributed by atoms with Crippen molar-refractivity contribution in [3.8, 4) is 0 Å². The molecule has 1 atom stereocenters. The van der Waals surface area contributed by atoms with Crippen LogP contribution in [0.15, 0.2) is 0 Å². The highest BCUT2D eigenvalue weighted by molar-refractivity contribution is 7.87. The normalized spacial score (nSPS) is 33.2. The van der Waals surface area contributed by atoms with Gasteiger partial charge in [-0.15, -0.1) is 0 Å². The first-order chi connectivity index (χ1) is 9.53. The monoisotopic (exact) mass is 304 g/mol. The summed E-state index contributed by atoms with van der Waals surface area (Å²) in [5.41, 5.74) is 0. The Hall–Kier alpha value is -0.170. The minimum atomic E-state index is -3.43. The van der Waals surface area contributed by atoms with E-state index in [1.54, 1.807) is 0 Å². The Bertz CT molecular complexity index is 391. The van der Waals surface area contributed by atoms with Gasteiger partial charge in [0.1, 0.15) is 0 Å². The van der Waals surface area contributed by atoms with Gasteiger partial charge in [0.25, 0.3) is 10.2 Å². The van der Waals surface area contributed by atoms with E-state index in [-0.39, 0.29) is 12.6 Å². The van der Waals surface area contributed by atoms with Crippen molar-refractivity contribution in [2.45, 2.75) is 57.9 Å². The van der Waals surface area contributed by atoms with E-state index >= 15 is 0 Å². The molecule has 2 fully saturated rings. The van der Waals surface area contributed by atoms with E-state index in [1.165, 1.54) is 17.1 Å². The highest BCUT2D eigenvalue weighted by atomic mass is 32.2. The molecule has 0 aromatic carbocycles. The van der Waals surface area contributed by atoms with Crippen LogP contribution in [0.2, 0.25) is 0 Å². The van der Waals surface area contributed by atoms with E-state index in [0.717, 1.165) is 38.0 Å². The molecule has 6 heteroatoms. The topological polar surface area (TPSA) is 69.6 Å². The fourth-order valence-electron chi connectivity index (χ4n) is 3.31. The Labute approximate surface area is 122 Å². The van der Waals surface area contributed by atoms with Crippen LogP contribution in [0, 0.1) is 11.8 Å². The molecule has 2 N–H and O–H groups in total. The minimum absolute atomic E-state index is 0.0815. The highest BCUT2D eigenvalue weighted by Crippen LogP contribution is 2.28. The van der Waals surface area contributed by atoms with Crippen LogP contribution in [-0.4, -0.2) is 43.6 Å². The van der Waals surface area contributed by atoms with Gasteiger partial charge < -0.3 is 5.11 Å². The van der Waals surface area contributed by atoms with E-state index in [0.29, 0.717) is 19.0 Å². The van der Waals surface area contributed by atoms with Gasteiger partial charge >= 0.3 is 0 Å². The van der Waals surface area contributed by atoms with Crippen molar-refractivity contribution in [3.05, 3.63) is 0 Å². The van der Waals surface area contributed by atoms with Crippen molar-refractivity contribution < 1.29 is 13.5 Å². The molecule has 0 radical (unpaired) electrons. The second-order valence-electron chi connectivity index (χ2n) is 6.42. The first-order valence-corrected chi connectivity index (χ1v) is 9.34. The molecule has 118 valence electrons. The molecule has 0 aromatic rings. The third-order valence-corrected chi connectivity index (χ3v) is 6.41. The van der Waals surface area contributed by atoms with Gasteiger partial charge in [0.05, 0.1) is 6.61 Å². The van der Waals surface area contributed by atoms with Gasteiger partial charge in [0.15, 0.2) is 0 Å². The van der Waals surface area contributed by atoms with Crippen molar-refractivity contribution in [2.75, 3.05) is 19.7 Å². The maximum atomic E-state index is 12.4. The Morgan fingerprint density at radius 2 is 1.85 bits per heavy atom. The average molecular weight is 304 g/mol. The van der Waals surface area contributed by atoms with E-state index in [1.807, 2.05) is 0 Å². The van der Waals surface area contributed by atoms with E-state index in [9.17, 15) is 13.5 Å². The summed E-state index contributed by atoms with van der Waals surface area (Å²) in [5, 5.41) is 9.34. The van der Waals surface area contributed by atoms with Crippen LogP contribution in [0.25, 0.3) is 0 Å². The molecule has 1 aliphatic carbocycles. The fourth-order valence-corrected chi connectivity index (χ4v) is 4.86. The molecule has 1 aliphatic heterocycles. The predicted octanol–water partition coefficient (Wildman–Crippen LogP) is 1.49. The van der Waals surface area contributed by atoms with Crippen LogP contribution < -0.4 is 4.72 Å². The second-order valence-corrected chi connectivity index (χ2v) is 8.13. The van der Waals surface area contributed by atoms with Gasteiger partial charge in [-0.3, -0.25) is 0 Å². The van der Waals surface area contributed by atoms with Crippen LogP contribution in [0.4, 0.5) is 0 Å². The molecule has 1 unspecified atom stereocenters. The van der Waals surface area contributed by atoms with Gasteiger partial charge in [0.2, 0.25) is 0 Å². The standard InChI is InChI=1S/C14H28N2O3S/c1-12-5-7-13(8-6-12)10-15-20(18,19)16-9-3-2-4-14(16)11-17/h12-15,17H,2-11H2,1H3. The molecule has 20 heavy (non-hydrogen) atoms. The largest absolute Gasteiger partial charge is 0.395 e. The van der Waals surface area contributed by atoms with Gasteiger partial charge in [-0.05, 0) is 37.5 Å². The van der Waals surface area contributed by atoms with Crippen LogP contribution in [-0.2, 0) is 10.2 Å². The lowest BCUT2D eigenvalue weighted by molar-refractivity contribution is 0.153. The Morgan fingerprint density at radius 3 is 2.50 bits per heavy atom. The number of hydrogen-bond donors (Lipinski definition) is 2. The number of nitrogens with one attached hydrogen (secondary N) is 1. The number of hydrogen-bond acceptors (Lipinski definition) is 3. The molecule has 1 heterocycles. The molecule has 0 bridgehead atoms. The van der Waals surface area contributed by atoms with Crippen LogP contribution >= 0.6 is 0 Å². The molecule has 0 amide bonds. The van der Waals surface area contributed by atoms with Gasteiger partial charge in [-0.25, -0.2) is 4.72 Å². The maximum absolute atomic E-state index is 12.4. The Morgan fingerprint density at radius 1 is 1.15 bits per heavy atom. The van der Waals surface area contributed by atoms with E-state index < -0.39 is 10.2 Å². The molecule has 0 aromatic heterocycles. The lowest BCUT2D eigenvalue weighted by atomic mass is 9.83. The summed E-state index contributed by atoms with van der Waals surface area (Å²) in [4.78, 5) is 0. The number of nitrogens with zero attached hydrogens (tertiary/aromatic N) is 1. The summed E-state index contributed by atoms with van der Waals surface area (Å²) in [6, 6.07) is -0.243. The Kier molecular flexibility index (Phi) is 5.84. The molecule has 2 rings (SSSR count). The number of rotatable bonds is 5. The van der Waals surface area contributed by atoms with Crippen molar-refractivity contribution in [1.82, 2.24) is 9.03 Å². The van der Waals surface area contributed by atoms with Crippen LogP contribution in [0.1, 0.15) is 51.9 Å². The van der Waals surface area contributed by atoms with Crippen LogP contribution in [0.5, 0.6) is 0 Å². The van der Waals surface area contributed by atoms with Crippen molar-refractivity contribution in [1.29, 1.82) is 0 Å². The quantitative estimate of drug-likeness (QED) is 0.808. The third-order valence-electron chi connectivity index (χ3n) is 4.78. The molecule has 1 saturated heterocycles. The Balaban J connectivity index is 1.86. The predicted molar refractivity (Wildman–Crippen MR) is 79.5 cm³/mol. The number of aliphatic hydroxyl groups is 1. The van der Waals surface area contributed by atoms with E-state index in [4.69, 9.17) is 0 Å². The molecule has 1 saturated carbocycles. The van der Waals surface area contributed by atoms with Crippen molar-refractivity contribution in [3.63, 3.8) is 0 Å².